The lowest BCUT2D eigenvalue weighted by Gasteiger charge is -2.30. The quantitative estimate of drug-likeness (QED) is 0.800. The molecule has 2 aliphatic rings. The van der Waals surface area contributed by atoms with Crippen molar-refractivity contribution < 1.29 is 9.59 Å². The van der Waals surface area contributed by atoms with E-state index >= 15 is 0 Å². The molecule has 0 aromatic heterocycles. The zero-order valence-corrected chi connectivity index (χ0v) is 16.3. The maximum atomic E-state index is 12.6. The molecule has 2 saturated heterocycles. The van der Waals surface area contributed by atoms with Crippen molar-refractivity contribution in [2.75, 3.05) is 19.6 Å². The van der Waals surface area contributed by atoms with Crippen LogP contribution >= 0.6 is 11.8 Å². The third kappa shape index (κ3) is 4.25. The molecule has 140 valence electrons. The van der Waals surface area contributed by atoms with Crippen molar-refractivity contribution in [1.29, 1.82) is 0 Å². The van der Waals surface area contributed by atoms with Crippen LogP contribution in [0.2, 0.25) is 0 Å². The van der Waals surface area contributed by atoms with E-state index in [-0.39, 0.29) is 17.7 Å². The molecule has 5 heteroatoms. The molecule has 1 N–H and O–H groups in total. The maximum Gasteiger partial charge on any atom is 0.251 e. The molecule has 2 aliphatic heterocycles. The zero-order valence-electron chi connectivity index (χ0n) is 15.5. The standard InChI is InChI=1S/C22H24N2O2S/c1-15(25)20-4-2-3-5-21(20)27-19-8-6-17(7-9-19)22(26)23-18-12-16-10-11-24(13-16)14-18/h2-9,16,18H,10-14H2,1H3,(H,23,26)/t16-,18-/m1/s1. The topological polar surface area (TPSA) is 49.4 Å². The number of Topliss-reactive ketones (excluding diaryl/α,β-unsaturated/α-hetero) is 1. The number of hydrogen-bond acceptors (Lipinski definition) is 4. The molecule has 2 heterocycles. The fourth-order valence-corrected chi connectivity index (χ4v) is 5.08. The van der Waals surface area contributed by atoms with Gasteiger partial charge in [0.05, 0.1) is 0 Å². The normalized spacial score (nSPS) is 23.8. The third-order valence-corrected chi connectivity index (χ3v) is 6.50. The highest BCUT2D eigenvalue weighted by Crippen LogP contribution is 2.31. The molecule has 4 nitrogen and oxygen atoms in total. The van der Waals surface area contributed by atoms with Gasteiger partial charge in [-0.05, 0) is 62.6 Å². The van der Waals surface area contributed by atoms with Gasteiger partial charge in [0.15, 0.2) is 5.78 Å². The summed E-state index contributed by atoms with van der Waals surface area (Å²) in [5.41, 5.74) is 1.42. The first-order valence-corrected chi connectivity index (χ1v) is 10.3. The molecule has 0 spiro atoms. The van der Waals surface area contributed by atoms with Gasteiger partial charge in [-0.15, -0.1) is 0 Å². The van der Waals surface area contributed by atoms with Gasteiger partial charge in [-0.1, -0.05) is 30.0 Å². The number of fused-ring (bicyclic) bond motifs is 2. The number of piperidine rings is 1. The van der Waals surface area contributed by atoms with Crippen LogP contribution in [0.5, 0.6) is 0 Å². The fraction of sp³-hybridized carbons (Fsp3) is 0.364. The number of hydrogen-bond donors (Lipinski definition) is 1. The number of amides is 1. The molecule has 27 heavy (non-hydrogen) atoms. The van der Waals surface area contributed by atoms with Crippen LogP contribution in [0.25, 0.3) is 0 Å². The predicted molar refractivity (Wildman–Crippen MR) is 107 cm³/mol. The first-order chi connectivity index (χ1) is 13.1. The molecule has 0 aliphatic carbocycles. The van der Waals surface area contributed by atoms with Crippen LogP contribution in [0.1, 0.15) is 40.5 Å². The number of nitrogens with one attached hydrogen (secondary N) is 1. The molecule has 0 radical (unpaired) electrons. The van der Waals surface area contributed by atoms with E-state index < -0.39 is 0 Å². The molecule has 0 saturated carbocycles. The van der Waals surface area contributed by atoms with Crippen molar-refractivity contribution >= 4 is 23.5 Å². The molecule has 2 aromatic rings. The van der Waals surface area contributed by atoms with E-state index in [1.54, 1.807) is 18.7 Å². The highest BCUT2D eigenvalue weighted by molar-refractivity contribution is 7.99. The number of benzene rings is 2. The molecule has 1 amide bonds. The second-order valence-electron chi connectivity index (χ2n) is 7.50. The van der Waals surface area contributed by atoms with Gasteiger partial charge in [0.2, 0.25) is 0 Å². The minimum Gasteiger partial charge on any atom is -0.348 e. The molecule has 2 bridgehead atoms. The summed E-state index contributed by atoms with van der Waals surface area (Å²) in [6.45, 7) is 4.92. The largest absolute Gasteiger partial charge is 0.348 e. The summed E-state index contributed by atoms with van der Waals surface area (Å²) in [7, 11) is 0. The lowest BCUT2D eigenvalue weighted by Crippen LogP contribution is -2.47. The van der Waals surface area contributed by atoms with Crippen LogP contribution in [-0.4, -0.2) is 42.3 Å². The van der Waals surface area contributed by atoms with E-state index in [9.17, 15) is 9.59 Å². The SMILES string of the molecule is CC(=O)c1ccccc1Sc1ccc(C(=O)N[C@@H]2C[C@H]3CCN(C3)C2)cc1. The molecule has 2 aromatic carbocycles. The number of ketones is 1. The second kappa shape index (κ2) is 7.87. The highest BCUT2D eigenvalue weighted by Gasteiger charge is 2.32. The number of rotatable bonds is 5. The summed E-state index contributed by atoms with van der Waals surface area (Å²) >= 11 is 1.55. The molecule has 1 unspecified atom stereocenters. The zero-order chi connectivity index (χ0) is 18.8. The summed E-state index contributed by atoms with van der Waals surface area (Å²) in [6, 6.07) is 15.5. The first-order valence-electron chi connectivity index (χ1n) is 9.49. The van der Waals surface area contributed by atoms with E-state index in [0.29, 0.717) is 5.56 Å². The van der Waals surface area contributed by atoms with Gasteiger partial charge in [0, 0.05) is 40.0 Å². The van der Waals surface area contributed by atoms with E-state index in [0.717, 1.165) is 34.2 Å². The molecular formula is C22H24N2O2S. The number of carbonyl (C=O) groups excluding carboxylic acids is 2. The third-order valence-electron chi connectivity index (χ3n) is 5.41. The number of carbonyl (C=O) groups is 2. The van der Waals surface area contributed by atoms with Crippen LogP contribution in [0.15, 0.2) is 58.3 Å². The van der Waals surface area contributed by atoms with Crippen molar-refractivity contribution in [3.8, 4) is 0 Å². The lowest BCUT2D eigenvalue weighted by molar-refractivity contribution is 0.0908. The van der Waals surface area contributed by atoms with E-state index in [1.165, 1.54) is 19.5 Å². The Morgan fingerprint density at radius 2 is 1.85 bits per heavy atom. The Balaban J connectivity index is 1.40. The molecule has 2 fully saturated rings. The average Bonchev–Trinajstić information content (AvgIpc) is 3.01. The minimum absolute atomic E-state index is 0.00295. The van der Waals surface area contributed by atoms with Crippen LogP contribution in [0.3, 0.4) is 0 Å². The van der Waals surface area contributed by atoms with Crippen molar-refractivity contribution in [3.63, 3.8) is 0 Å². The summed E-state index contributed by atoms with van der Waals surface area (Å²) < 4.78 is 0. The second-order valence-corrected chi connectivity index (χ2v) is 8.61. The molecular weight excluding hydrogens is 356 g/mol. The Kier molecular flexibility index (Phi) is 5.32. The van der Waals surface area contributed by atoms with Gasteiger partial charge in [-0.25, -0.2) is 0 Å². The van der Waals surface area contributed by atoms with Crippen molar-refractivity contribution in [1.82, 2.24) is 10.2 Å². The fourth-order valence-electron chi connectivity index (χ4n) is 4.08. The lowest BCUT2D eigenvalue weighted by atomic mass is 9.96. The Bertz CT molecular complexity index is 838. The monoisotopic (exact) mass is 380 g/mol. The number of nitrogens with zero attached hydrogens (tertiary/aromatic N) is 1. The first kappa shape index (κ1) is 18.3. The van der Waals surface area contributed by atoms with Gasteiger partial charge in [-0.2, -0.15) is 0 Å². The van der Waals surface area contributed by atoms with Crippen LogP contribution in [0.4, 0.5) is 0 Å². The summed E-state index contributed by atoms with van der Waals surface area (Å²) in [4.78, 5) is 28.8. The van der Waals surface area contributed by atoms with E-state index in [2.05, 4.69) is 10.2 Å². The van der Waals surface area contributed by atoms with Gasteiger partial charge in [0.1, 0.15) is 0 Å². The molecule has 3 atom stereocenters. The Labute approximate surface area is 164 Å². The Morgan fingerprint density at radius 1 is 1.07 bits per heavy atom. The van der Waals surface area contributed by atoms with E-state index in [4.69, 9.17) is 0 Å². The molecule has 4 rings (SSSR count). The summed E-state index contributed by atoms with van der Waals surface area (Å²) in [6.07, 6.45) is 2.36. The Morgan fingerprint density at radius 3 is 2.59 bits per heavy atom. The van der Waals surface area contributed by atoms with Crippen LogP contribution < -0.4 is 5.32 Å². The summed E-state index contributed by atoms with van der Waals surface area (Å²) in [5.74, 6) is 0.804. The van der Waals surface area contributed by atoms with Gasteiger partial charge in [0.25, 0.3) is 5.91 Å². The maximum absolute atomic E-state index is 12.6. The smallest absolute Gasteiger partial charge is 0.251 e. The predicted octanol–water partition coefficient (Wildman–Crippen LogP) is 3.86. The van der Waals surface area contributed by atoms with E-state index in [1.807, 2.05) is 48.5 Å². The van der Waals surface area contributed by atoms with Gasteiger partial charge >= 0.3 is 0 Å². The Hall–Kier alpha value is -2.11. The van der Waals surface area contributed by atoms with Crippen molar-refractivity contribution in [3.05, 3.63) is 59.7 Å². The summed E-state index contributed by atoms with van der Waals surface area (Å²) in [5, 5.41) is 3.20. The van der Waals surface area contributed by atoms with Crippen molar-refractivity contribution in [2.45, 2.75) is 35.6 Å². The van der Waals surface area contributed by atoms with Crippen LogP contribution in [-0.2, 0) is 0 Å². The van der Waals surface area contributed by atoms with Crippen LogP contribution in [0, 0.1) is 5.92 Å². The van der Waals surface area contributed by atoms with Crippen molar-refractivity contribution in [2.24, 2.45) is 5.92 Å². The average molecular weight is 381 g/mol. The minimum atomic E-state index is 0.00295. The highest BCUT2D eigenvalue weighted by atomic mass is 32.2. The van der Waals surface area contributed by atoms with Gasteiger partial charge < -0.3 is 10.2 Å². The van der Waals surface area contributed by atoms with Gasteiger partial charge in [-0.3, -0.25) is 9.59 Å².